The Morgan fingerprint density at radius 2 is 1.88 bits per heavy atom. The predicted molar refractivity (Wildman–Crippen MR) is 116 cm³/mol. The number of methoxy groups -OCH3 is 2. The number of benzene rings is 2. The lowest BCUT2D eigenvalue weighted by molar-refractivity contribution is -0.137. The number of amides is 1. The predicted octanol–water partition coefficient (Wildman–Crippen LogP) is 5.34. The molecule has 33 heavy (non-hydrogen) atoms. The van der Waals surface area contributed by atoms with Gasteiger partial charge in [-0.15, -0.1) is 0 Å². The lowest BCUT2D eigenvalue weighted by atomic mass is 10.2. The van der Waals surface area contributed by atoms with Gasteiger partial charge >= 0.3 is 6.18 Å². The van der Waals surface area contributed by atoms with E-state index in [4.69, 9.17) is 14.2 Å². The summed E-state index contributed by atoms with van der Waals surface area (Å²) in [5.41, 5.74) is -0.429. The number of rotatable bonds is 9. The quantitative estimate of drug-likeness (QED) is 0.434. The van der Waals surface area contributed by atoms with E-state index in [0.29, 0.717) is 23.8 Å². The maximum absolute atomic E-state index is 13.1. The van der Waals surface area contributed by atoms with Gasteiger partial charge in [0.1, 0.15) is 11.5 Å². The maximum atomic E-state index is 13.1. The molecule has 7 nitrogen and oxygen atoms in total. The molecule has 1 aromatic heterocycles. The normalized spacial score (nSPS) is 11.2. The van der Waals surface area contributed by atoms with Crippen molar-refractivity contribution in [2.45, 2.75) is 25.9 Å². The van der Waals surface area contributed by atoms with Crippen LogP contribution in [0.5, 0.6) is 17.2 Å². The molecule has 10 heteroatoms. The van der Waals surface area contributed by atoms with Gasteiger partial charge in [0.15, 0.2) is 11.4 Å². The summed E-state index contributed by atoms with van der Waals surface area (Å²) in [6, 6.07) is 9.61. The summed E-state index contributed by atoms with van der Waals surface area (Å²) in [4.78, 5) is 13.0. The highest BCUT2D eigenvalue weighted by atomic mass is 19.4. The van der Waals surface area contributed by atoms with Crippen molar-refractivity contribution < 1.29 is 32.2 Å². The lowest BCUT2D eigenvalue weighted by Crippen LogP contribution is -2.15. The molecule has 1 N–H and O–H groups in total. The highest BCUT2D eigenvalue weighted by molar-refractivity contribution is 6.05. The van der Waals surface area contributed by atoms with Gasteiger partial charge in [-0.25, -0.2) is 4.68 Å². The molecule has 0 bridgehead atoms. The second-order valence-corrected chi connectivity index (χ2v) is 7.06. The number of ether oxygens (including phenoxy) is 3. The molecule has 0 saturated heterocycles. The number of alkyl halides is 3. The molecule has 176 valence electrons. The SMILES string of the molecule is CCCCOc1ccc(OC)cc1NC(=O)c1nn(-c2cccc(C(F)(F)F)c2)cc1OC. The summed E-state index contributed by atoms with van der Waals surface area (Å²) in [5.74, 6) is 0.441. The number of halogens is 3. The van der Waals surface area contributed by atoms with Gasteiger partial charge in [-0.3, -0.25) is 4.79 Å². The maximum Gasteiger partial charge on any atom is 0.416 e. The fourth-order valence-electron chi connectivity index (χ4n) is 2.99. The zero-order chi connectivity index (χ0) is 24.0. The number of anilines is 1. The van der Waals surface area contributed by atoms with E-state index in [0.717, 1.165) is 29.7 Å². The van der Waals surface area contributed by atoms with Crippen molar-refractivity contribution in [3.05, 3.63) is 59.9 Å². The van der Waals surface area contributed by atoms with Crippen molar-refractivity contribution in [1.29, 1.82) is 0 Å². The molecule has 1 amide bonds. The van der Waals surface area contributed by atoms with Crippen molar-refractivity contribution in [3.63, 3.8) is 0 Å². The zero-order valence-electron chi connectivity index (χ0n) is 18.4. The molecular weight excluding hydrogens is 439 g/mol. The van der Waals surface area contributed by atoms with Crippen LogP contribution in [0.1, 0.15) is 35.8 Å². The van der Waals surface area contributed by atoms with Crippen LogP contribution in [0.25, 0.3) is 5.69 Å². The first-order chi connectivity index (χ1) is 15.8. The van der Waals surface area contributed by atoms with Crippen LogP contribution >= 0.6 is 0 Å². The Hall–Kier alpha value is -3.69. The van der Waals surface area contributed by atoms with Crippen molar-refractivity contribution >= 4 is 11.6 Å². The Labute approximate surface area is 189 Å². The number of hydrogen-bond acceptors (Lipinski definition) is 5. The van der Waals surface area contributed by atoms with Crippen molar-refractivity contribution in [2.75, 3.05) is 26.1 Å². The van der Waals surface area contributed by atoms with Crippen LogP contribution in [0.15, 0.2) is 48.7 Å². The first-order valence-electron chi connectivity index (χ1n) is 10.2. The van der Waals surface area contributed by atoms with Gasteiger partial charge < -0.3 is 19.5 Å². The minimum Gasteiger partial charge on any atom is -0.497 e. The summed E-state index contributed by atoms with van der Waals surface area (Å²) in [5, 5.41) is 6.88. The number of carbonyl (C=O) groups is 1. The van der Waals surface area contributed by atoms with Crippen LogP contribution in [0.4, 0.5) is 18.9 Å². The van der Waals surface area contributed by atoms with Crippen LogP contribution in [0.3, 0.4) is 0 Å². The molecule has 0 spiro atoms. The average molecular weight is 463 g/mol. The molecule has 0 saturated carbocycles. The fourth-order valence-corrected chi connectivity index (χ4v) is 2.99. The number of nitrogens with zero attached hydrogens (tertiary/aromatic N) is 2. The largest absolute Gasteiger partial charge is 0.497 e. The minimum atomic E-state index is -4.51. The summed E-state index contributed by atoms with van der Waals surface area (Å²) >= 11 is 0. The van der Waals surface area contributed by atoms with E-state index in [9.17, 15) is 18.0 Å². The fraction of sp³-hybridized carbons (Fsp3) is 0.304. The second kappa shape index (κ2) is 10.3. The van der Waals surface area contributed by atoms with E-state index in [1.165, 1.54) is 32.5 Å². The molecule has 3 aromatic rings. The van der Waals surface area contributed by atoms with Crippen molar-refractivity contribution in [3.8, 4) is 22.9 Å². The van der Waals surface area contributed by atoms with E-state index >= 15 is 0 Å². The Morgan fingerprint density at radius 1 is 1.09 bits per heavy atom. The molecule has 0 unspecified atom stereocenters. The molecule has 0 aliphatic rings. The topological polar surface area (TPSA) is 74.6 Å². The molecular formula is C23H24F3N3O4. The van der Waals surface area contributed by atoms with Gasteiger partial charge in [0.25, 0.3) is 5.91 Å². The van der Waals surface area contributed by atoms with Gasteiger partial charge in [-0.05, 0) is 36.8 Å². The van der Waals surface area contributed by atoms with E-state index in [-0.39, 0.29) is 17.1 Å². The Morgan fingerprint density at radius 3 is 2.55 bits per heavy atom. The lowest BCUT2D eigenvalue weighted by Gasteiger charge is -2.13. The van der Waals surface area contributed by atoms with Crippen LogP contribution in [0, 0.1) is 0 Å². The summed E-state index contributed by atoms with van der Waals surface area (Å²) < 4.78 is 56.6. The summed E-state index contributed by atoms with van der Waals surface area (Å²) in [6.07, 6.45) is -1.38. The van der Waals surface area contributed by atoms with Crippen LogP contribution in [-0.4, -0.2) is 36.5 Å². The molecule has 0 atom stereocenters. The standard InChI is InChI=1S/C23H24F3N3O4/c1-4-5-11-33-19-10-9-17(31-2)13-18(19)27-22(30)21-20(32-3)14-29(28-21)16-8-6-7-15(12-16)23(24,25)26/h6-10,12-14H,4-5,11H2,1-3H3,(H,27,30). The van der Waals surface area contributed by atoms with E-state index in [1.807, 2.05) is 6.92 Å². The molecule has 1 heterocycles. The van der Waals surface area contributed by atoms with Gasteiger partial charge in [-0.2, -0.15) is 18.3 Å². The number of unbranched alkanes of at least 4 members (excludes halogenated alkanes) is 1. The van der Waals surface area contributed by atoms with Crippen molar-refractivity contribution in [2.24, 2.45) is 0 Å². The van der Waals surface area contributed by atoms with Crippen LogP contribution < -0.4 is 19.5 Å². The van der Waals surface area contributed by atoms with Gasteiger partial charge in [0, 0.05) is 6.07 Å². The molecule has 0 aliphatic heterocycles. The number of aromatic nitrogens is 2. The Kier molecular flexibility index (Phi) is 7.47. The Bertz CT molecular complexity index is 1110. The highest BCUT2D eigenvalue weighted by Gasteiger charge is 2.31. The van der Waals surface area contributed by atoms with Crippen molar-refractivity contribution in [1.82, 2.24) is 9.78 Å². The highest BCUT2D eigenvalue weighted by Crippen LogP contribution is 2.32. The Balaban J connectivity index is 1.90. The third kappa shape index (κ3) is 5.76. The molecule has 0 radical (unpaired) electrons. The average Bonchev–Trinajstić information content (AvgIpc) is 3.24. The second-order valence-electron chi connectivity index (χ2n) is 7.06. The molecule has 3 rings (SSSR count). The molecule has 0 fully saturated rings. The third-order valence-electron chi connectivity index (χ3n) is 4.74. The molecule has 0 aliphatic carbocycles. The van der Waals surface area contributed by atoms with Gasteiger partial charge in [0.2, 0.25) is 0 Å². The van der Waals surface area contributed by atoms with Crippen LogP contribution in [0.2, 0.25) is 0 Å². The number of nitrogens with one attached hydrogen (secondary N) is 1. The monoisotopic (exact) mass is 463 g/mol. The summed E-state index contributed by atoms with van der Waals surface area (Å²) in [6.45, 7) is 2.51. The smallest absolute Gasteiger partial charge is 0.416 e. The zero-order valence-corrected chi connectivity index (χ0v) is 18.4. The number of hydrogen-bond donors (Lipinski definition) is 1. The van der Waals surface area contributed by atoms with Crippen LogP contribution in [-0.2, 0) is 6.18 Å². The minimum absolute atomic E-state index is 0.0984. The first kappa shape index (κ1) is 24.0. The number of carbonyl (C=O) groups excluding carboxylic acids is 1. The third-order valence-corrected chi connectivity index (χ3v) is 4.74. The molecule has 2 aromatic carbocycles. The summed E-state index contributed by atoms with van der Waals surface area (Å²) in [7, 11) is 2.84. The van der Waals surface area contributed by atoms with E-state index < -0.39 is 17.6 Å². The first-order valence-corrected chi connectivity index (χ1v) is 10.2. The van der Waals surface area contributed by atoms with E-state index in [1.54, 1.807) is 18.2 Å². The van der Waals surface area contributed by atoms with Gasteiger partial charge in [0.05, 0.1) is 44.0 Å². The van der Waals surface area contributed by atoms with Gasteiger partial charge in [-0.1, -0.05) is 19.4 Å². The van der Waals surface area contributed by atoms with E-state index in [2.05, 4.69) is 10.4 Å².